The van der Waals surface area contributed by atoms with E-state index < -0.39 is 5.91 Å². The zero-order valence-corrected chi connectivity index (χ0v) is 18.2. The Morgan fingerprint density at radius 2 is 1.94 bits per heavy atom. The lowest BCUT2D eigenvalue weighted by molar-refractivity contribution is -0.117. The van der Waals surface area contributed by atoms with Gasteiger partial charge in [-0.1, -0.05) is 18.2 Å². The summed E-state index contributed by atoms with van der Waals surface area (Å²) < 4.78 is 16.3. The lowest BCUT2D eigenvalue weighted by atomic mass is 10.0. The van der Waals surface area contributed by atoms with E-state index in [1.165, 1.54) is 6.08 Å². The van der Waals surface area contributed by atoms with Gasteiger partial charge in [0.2, 0.25) is 0 Å². The summed E-state index contributed by atoms with van der Waals surface area (Å²) >= 11 is 0. The molecule has 1 amide bonds. The summed E-state index contributed by atoms with van der Waals surface area (Å²) in [6.07, 6.45) is 3.66. The maximum absolute atomic E-state index is 12.6. The number of benzene rings is 2. The number of nitrogens with one attached hydrogen (secondary N) is 1. The molecule has 2 aromatic rings. The largest absolute Gasteiger partial charge is 0.497 e. The molecular weight excluding hydrogens is 406 g/mol. The van der Waals surface area contributed by atoms with Gasteiger partial charge in [-0.05, 0) is 54.8 Å². The van der Waals surface area contributed by atoms with Gasteiger partial charge in [0.15, 0.2) is 18.1 Å². The summed E-state index contributed by atoms with van der Waals surface area (Å²) in [5.41, 5.74) is 2.17. The monoisotopic (exact) mass is 431 g/mol. The number of hydrogen-bond donors (Lipinski definition) is 1. The predicted octanol–water partition coefficient (Wildman–Crippen LogP) is 3.95. The van der Waals surface area contributed by atoms with Crippen molar-refractivity contribution < 1.29 is 19.0 Å². The average Bonchev–Trinajstić information content (AvgIpc) is 2.81. The van der Waals surface area contributed by atoms with Crippen molar-refractivity contribution in [3.63, 3.8) is 0 Å². The smallest absolute Gasteiger partial charge is 0.262 e. The molecule has 164 valence electrons. The summed E-state index contributed by atoms with van der Waals surface area (Å²) in [5, 5.41) is 21.1. The van der Waals surface area contributed by atoms with Crippen LogP contribution in [-0.2, 0) is 17.8 Å². The lowest BCUT2D eigenvalue weighted by Crippen LogP contribution is -2.23. The minimum atomic E-state index is -0.489. The molecule has 0 spiro atoms. The molecule has 0 aliphatic rings. The molecule has 2 aromatic carbocycles. The number of nitrogens with zero attached hydrogens (tertiary/aromatic N) is 2. The molecular formula is C25H25N3O4. The fraction of sp³-hybridized carbons (Fsp3) is 0.240. The first-order chi connectivity index (χ1) is 15.6. The SMILES string of the molecule is C=CCc1cc(/C=C(/C#N)C(=O)NCc2ccc(OC)cc2)cc(OCC)c1OCC#N. The maximum Gasteiger partial charge on any atom is 0.262 e. The summed E-state index contributed by atoms with van der Waals surface area (Å²) in [7, 11) is 1.58. The Hall–Kier alpha value is -4.23. The van der Waals surface area contributed by atoms with E-state index in [0.29, 0.717) is 30.1 Å². The van der Waals surface area contributed by atoms with Crippen molar-refractivity contribution in [2.24, 2.45) is 0 Å². The van der Waals surface area contributed by atoms with Crippen molar-refractivity contribution >= 4 is 12.0 Å². The van der Waals surface area contributed by atoms with Crippen LogP contribution >= 0.6 is 0 Å². The van der Waals surface area contributed by atoms with E-state index >= 15 is 0 Å². The van der Waals surface area contributed by atoms with Gasteiger partial charge >= 0.3 is 0 Å². The van der Waals surface area contributed by atoms with Gasteiger partial charge in [-0.15, -0.1) is 6.58 Å². The number of ether oxygens (including phenoxy) is 3. The van der Waals surface area contributed by atoms with Gasteiger partial charge in [-0.25, -0.2) is 0 Å². The number of rotatable bonds is 11. The molecule has 2 rings (SSSR count). The topological polar surface area (TPSA) is 104 Å². The molecule has 0 radical (unpaired) electrons. The number of hydrogen-bond acceptors (Lipinski definition) is 6. The molecule has 0 fully saturated rings. The van der Waals surface area contributed by atoms with Crippen LogP contribution in [0.4, 0.5) is 0 Å². The van der Waals surface area contributed by atoms with Gasteiger partial charge in [-0.2, -0.15) is 10.5 Å². The molecule has 0 bridgehead atoms. The van der Waals surface area contributed by atoms with Crippen molar-refractivity contribution in [3.05, 3.63) is 71.3 Å². The third-order valence-corrected chi connectivity index (χ3v) is 4.39. The first-order valence-electron chi connectivity index (χ1n) is 9.99. The highest BCUT2D eigenvalue weighted by Crippen LogP contribution is 2.34. The summed E-state index contributed by atoms with van der Waals surface area (Å²) in [5.74, 6) is 1.12. The molecule has 0 saturated carbocycles. The van der Waals surface area contributed by atoms with E-state index in [4.69, 9.17) is 19.5 Å². The average molecular weight is 431 g/mol. The quantitative estimate of drug-likeness (QED) is 0.328. The third kappa shape index (κ3) is 6.65. The summed E-state index contributed by atoms with van der Waals surface area (Å²) in [4.78, 5) is 12.6. The van der Waals surface area contributed by atoms with Crippen LogP contribution in [0.2, 0.25) is 0 Å². The first-order valence-corrected chi connectivity index (χ1v) is 9.99. The van der Waals surface area contributed by atoms with Gasteiger partial charge in [-0.3, -0.25) is 4.79 Å². The number of allylic oxidation sites excluding steroid dienone is 1. The summed E-state index contributed by atoms with van der Waals surface area (Å²) in [6.45, 7) is 6.11. The highest BCUT2D eigenvalue weighted by molar-refractivity contribution is 6.01. The summed E-state index contributed by atoms with van der Waals surface area (Å²) in [6, 6.07) is 14.6. The number of methoxy groups -OCH3 is 1. The maximum atomic E-state index is 12.6. The van der Waals surface area contributed by atoms with Crippen LogP contribution in [0.5, 0.6) is 17.2 Å². The van der Waals surface area contributed by atoms with Crippen LogP contribution < -0.4 is 19.5 Å². The Morgan fingerprint density at radius 1 is 1.19 bits per heavy atom. The minimum absolute atomic E-state index is 0.0452. The van der Waals surface area contributed by atoms with Crippen LogP contribution in [0.15, 0.2) is 54.6 Å². The highest BCUT2D eigenvalue weighted by Gasteiger charge is 2.15. The molecule has 7 heteroatoms. The van der Waals surface area contributed by atoms with E-state index in [2.05, 4.69) is 11.9 Å². The molecule has 0 aliphatic carbocycles. The van der Waals surface area contributed by atoms with Crippen molar-refractivity contribution in [1.82, 2.24) is 5.32 Å². The van der Waals surface area contributed by atoms with E-state index in [-0.39, 0.29) is 18.7 Å². The number of carbonyl (C=O) groups is 1. The van der Waals surface area contributed by atoms with Gasteiger partial charge < -0.3 is 19.5 Å². The number of amides is 1. The van der Waals surface area contributed by atoms with Crippen LogP contribution in [0, 0.1) is 22.7 Å². The standard InChI is InChI=1S/C25H25N3O4/c1-4-6-20-13-19(15-23(31-5-2)24(20)32-12-11-26)14-21(16-27)25(29)28-17-18-7-9-22(30-3)10-8-18/h4,7-10,13-15H,1,5-6,12,17H2,2-3H3,(H,28,29)/b21-14-. The first kappa shape index (κ1) is 24.0. The second kappa shape index (κ2) is 12.5. The van der Waals surface area contributed by atoms with Crippen molar-refractivity contribution in [1.29, 1.82) is 10.5 Å². The van der Waals surface area contributed by atoms with Crippen molar-refractivity contribution in [3.8, 4) is 29.4 Å². The van der Waals surface area contributed by atoms with Crippen molar-refractivity contribution in [2.75, 3.05) is 20.3 Å². The van der Waals surface area contributed by atoms with Gasteiger partial charge in [0.25, 0.3) is 5.91 Å². The van der Waals surface area contributed by atoms with Crippen LogP contribution in [0.25, 0.3) is 6.08 Å². The molecule has 0 saturated heterocycles. The van der Waals surface area contributed by atoms with Crippen LogP contribution in [0.1, 0.15) is 23.6 Å². The lowest BCUT2D eigenvalue weighted by Gasteiger charge is -2.15. The zero-order chi connectivity index (χ0) is 23.3. The van der Waals surface area contributed by atoms with Gasteiger partial charge in [0.1, 0.15) is 23.5 Å². The Kier molecular flexibility index (Phi) is 9.36. The van der Waals surface area contributed by atoms with Gasteiger partial charge in [0.05, 0.1) is 13.7 Å². The van der Waals surface area contributed by atoms with Crippen LogP contribution in [0.3, 0.4) is 0 Å². The van der Waals surface area contributed by atoms with E-state index in [9.17, 15) is 10.1 Å². The number of carbonyl (C=O) groups excluding carboxylic acids is 1. The Labute approximate surface area is 188 Å². The Morgan fingerprint density at radius 3 is 2.53 bits per heavy atom. The molecule has 0 atom stereocenters. The van der Waals surface area contributed by atoms with Crippen LogP contribution in [-0.4, -0.2) is 26.2 Å². The second-order valence-electron chi connectivity index (χ2n) is 6.58. The second-order valence-corrected chi connectivity index (χ2v) is 6.58. The highest BCUT2D eigenvalue weighted by atomic mass is 16.5. The van der Waals surface area contributed by atoms with E-state index in [1.807, 2.05) is 31.2 Å². The van der Waals surface area contributed by atoms with E-state index in [1.54, 1.807) is 37.5 Å². The zero-order valence-electron chi connectivity index (χ0n) is 18.2. The minimum Gasteiger partial charge on any atom is -0.497 e. The number of nitriles is 2. The molecule has 0 heterocycles. The van der Waals surface area contributed by atoms with E-state index in [0.717, 1.165) is 16.9 Å². The predicted molar refractivity (Wildman–Crippen MR) is 121 cm³/mol. The molecule has 0 aromatic heterocycles. The molecule has 7 nitrogen and oxygen atoms in total. The fourth-order valence-electron chi connectivity index (χ4n) is 2.94. The molecule has 0 aliphatic heterocycles. The Balaban J connectivity index is 2.28. The van der Waals surface area contributed by atoms with Crippen molar-refractivity contribution in [2.45, 2.75) is 19.9 Å². The third-order valence-electron chi connectivity index (χ3n) is 4.39. The molecule has 1 N–H and O–H groups in total. The normalized spacial score (nSPS) is 10.4. The Bertz CT molecular complexity index is 1060. The van der Waals surface area contributed by atoms with Gasteiger partial charge in [0, 0.05) is 12.1 Å². The fourth-order valence-corrected chi connectivity index (χ4v) is 2.94. The molecule has 0 unspecified atom stereocenters. The molecule has 32 heavy (non-hydrogen) atoms.